The topological polar surface area (TPSA) is 49.8 Å². The lowest BCUT2D eigenvalue weighted by atomic mass is 9.76. The van der Waals surface area contributed by atoms with Gasteiger partial charge in [-0.15, -0.1) is 0 Å². The number of ether oxygens (including phenoxy) is 1. The Bertz CT molecular complexity index is 1280. The number of rotatable bonds is 13. The van der Waals surface area contributed by atoms with Gasteiger partial charge in [-0.2, -0.15) is 0 Å². The van der Waals surface area contributed by atoms with E-state index in [9.17, 15) is 12.6 Å². The van der Waals surface area contributed by atoms with Crippen molar-refractivity contribution in [1.29, 1.82) is 0 Å². The van der Waals surface area contributed by atoms with Gasteiger partial charge in [-0.05, 0) is 127 Å². The standard InChI is InChI=1S/C37H59NO3/c1-15-27(8)38(37(13,14)23(3)4)22-26(7)34(30-19-17-18-24(5)28(30)9)32-21-31(29(10)39)25(6)20-33(32)41-35(40)36(11,12)16-2/h17-21,23,26-27,29,34,39H,15-16,22H2,1-14H3/t26?,27?,29?,34-/m1/s1/i20D,21D. The molecule has 0 aliphatic heterocycles. The average molecular weight is 568 g/mol. The number of aliphatic hydroxyl groups is 1. The van der Waals surface area contributed by atoms with Gasteiger partial charge in [0.15, 0.2) is 0 Å². The van der Waals surface area contributed by atoms with E-state index in [1.165, 1.54) is 0 Å². The number of benzene rings is 2. The Morgan fingerprint density at radius 3 is 2.07 bits per heavy atom. The lowest BCUT2D eigenvalue weighted by Gasteiger charge is -2.47. The van der Waals surface area contributed by atoms with E-state index in [0.717, 1.165) is 29.7 Å². The number of aryl methyl sites for hydroxylation is 1. The van der Waals surface area contributed by atoms with E-state index >= 15 is 0 Å². The van der Waals surface area contributed by atoms with Gasteiger partial charge in [0.1, 0.15) is 5.75 Å². The van der Waals surface area contributed by atoms with Crippen LogP contribution in [0.15, 0.2) is 30.3 Å². The van der Waals surface area contributed by atoms with Crippen LogP contribution >= 0.6 is 0 Å². The van der Waals surface area contributed by atoms with E-state index in [4.69, 9.17) is 4.74 Å². The summed E-state index contributed by atoms with van der Waals surface area (Å²) in [5.74, 6) is -0.223. The molecule has 0 fully saturated rings. The summed E-state index contributed by atoms with van der Waals surface area (Å²) >= 11 is 0. The van der Waals surface area contributed by atoms with E-state index in [0.29, 0.717) is 35.1 Å². The molecule has 2 aromatic rings. The zero-order chi connectivity index (χ0) is 33.2. The minimum atomic E-state index is -0.946. The summed E-state index contributed by atoms with van der Waals surface area (Å²) in [4.78, 5) is 16.1. The van der Waals surface area contributed by atoms with E-state index in [2.05, 4.69) is 79.3 Å². The maximum absolute atomic E-state index is 13.5. The smallest absolute Gasteiger partial charge is 0.316 e. The Morgan fingerprint density at radius 2 is 1.56 bits per heavy atom. The van der Waals surface area contributed by atoms with Gasteiger partial charge in [0.2, 0.25) is 0 Å². The molecule has 0 saturated carbocycles. The SMILES string of the molecule is [2H]c1c(C)c(C(C)O)c([2H])c([C@@H](c2cccc(C)c2C)C(C)CN(C(C)CC)C(C)(C)C(C)C)c1OC(=O)C(C)(C)CC. The molecule has 41 heavy (non-hydrogen) atoms. The van der Waals surface area contributed by atoms with Gasteiger partial charge in [0.05, 0.1) is 14.3 Å². The number of nitrogens with zero attached hydrogens (tertiary/aromatic N) is 1. The summed E-state index contributed by atoms with van der Waals surface area (Å²) in [6.45, 7) is 29.8. The Labute approximate surface area is 254 Å². The average Bonchev–Trinajstić information content (AvgIpc) is 2.93. The number of hydrogen-bond acceptors (Lipinski definition) is 4. The Hall–Kier alpha value is -2.17. The Kier molecular flexibility index (Phi) is 10.7. The molecule has 0 saturated heterocycles. The van der Waals surface area contributed by atoms with E-state index in [-0.39, 0.29) is 35.2 Å². The summed E-state index contributed by atoms with van der Waals surface area (Å²) in [7, 11) is 0. The second kappa shape index (κ2) is 13.9. The van der Waals surface area contributed by atoms with Crippen molar-refractivity contribution in [3.05, 3.63) is 63.7 Å². The van der Waals surface area contributed by atoms with Gasteiger partial charge >= 0.3 is 5.97 Å². The van der Waals surface area contributed by atoms with E-state index in [1.807, 2.05) is 26.8 Å². The molecular formula is C37H59NO3. The molecule has 4 atom stereocenters. The van der Waals surface area contributed by atoms with E-state index in [1.54, 1.807) is 13.8 Å². The highest BCUT2D eigenvalue weighted by molar-refractivity contribution is 5.79. The number of hydrogen-bond donors (Lipinski definition) is 1. The largest absolute Gasteiger partial charge is 0.426 e. The van der Waals surface area contributed by atoms with Gasteiger partial charge in [0, 0.05) is 29.6 Å². The van der Waals surface area contributed by atoms with Crippen LogP contribution in [0.3, 0.4) is 0 Å². The first kappa shape index (κ1) is 31.8. The molecular weight excluding hydrogens is 506 g/mol. The van der Waals surface area contributed by atoms with Crippen molar-refractivity contribution in [3.63, 3.8) is 0 Å². The summed E-state index contributed by atoms with van der Waals surface area (Å²) < 4.78 is 25.0. The monoisotopic (exact) mass is 567 g/mol. The Balaban J connectivity index is 3.03. The maximum Gasteiger partial charge on any atom is 0.316 e. The predicted octanol–water partition coefficient (Wildman–Crippen LogP) is 9.31. The molecule has 0 radical (unpaired) electrons. The lowest BCUT2D eigenvalue weighted by molar-refractivity contribution is -0.144. The van der Waals surface area contributed by atoms with Crippen molar-refractivity contribution in [2.75, 3.05) is 6.54 Å². The zero-order valence-corrected chi connectivity index (χ0v) is 28.5. The van der Waals surface area contributed by atoms with E-state index < -0.39 is 17.5 Å². The molecule has 2 aromatic carbocycles. The van der Waals surface area contributed by atoms with Crippen molar-refractivity contribution in [3.8, 4) is 5.75 Å². The maximum atomic E-state index is 13.5. The first-order valence-corrected chi connectivity index (χ1v) is 15.6. The number of carbonyl (C=O) groups is 1. The molecule has 3 unspecified atom stereocenters. The van der Waals surface area contributed by atoms with Crippen molar-refractivity contribution in [2.24, 2.45) is 17.3 Å². The van der Waals surface area contributed by atoms with Crippen LogP contribution in [-0.2, 0) is 4.79 Å². The normalized spacial score (nSPS) is 16.3. The lowest BCUT2D eigenvalue weighted by Crippen LogP contribution is -2.54. The van der Waals surface area contributed by atoms with Crippen LogP contribution in [0, 0.1) is 38.0 Å². The molecule has 4 nitrogen and oxygen atoms in total. The molecule has 0 aliphatic carbocycles. The second-order valence-corrected chi connectivity index (χ2v) is 13.8. The molecule has 230 valence electrons. The predicted molar refractivity (Wildman–Crippen MR) is 174 cm³/mol. The van der Waals surface area contributed by atoms with Crippen LogP contribution in [0.4, 0.5) is 0 Å². The highest BCUT2D eigenvalue weighted by Crippen LogP contribution is 2.43. The quantitative estimate of drug-likeness (QED) is 0.193. The van der Waals surface area contributed by atoms with Crippen molar-refractivity contribution in [2.45, 2.75) is 133 Å². The summed E-state index contributed by atoms with van der Waals surface area (Å²) in [5, 5.41) is 10.9. The third kappa shape index (κ3) is 7.82. The first-order valence-electron chi connectivity index (χ1n) is 16.6. The zero-order valence-electron chi connectivity index (χ0n) is 30.5. The van der Waals surface area contributed by atoms with Gasteiger partial charge in [-0.3, -0.25) is 9.69 Å². The second-order valence-electron chi connectivity index (χ2n) is 13.8. The fraction of sp³-hybridized carbons (Fsp3) is 0.649. The highest BCUT2D eigenvalue weighted by Gasteiger charge is 2.37. The van der Waals surface area contributed by atoms with Crippen LogP contribution in [0.2, 0.25) is 0 Å². The molecule has 0 aliphatic rings. The number of carbonyl (C=O) groups excluding carboxylic acids is 1. The third-order valence-electron chi connectivity index (χ3n) is 9.89. The van der Waals surface area contributed by atoms with Crippen LogP contribution < -0.4 is 4.74 Å². The van der Waals surface area contributed by atoms with Crippen LogP contribution in [-0.4, -0.2) is 34.1 Å². The molecule has 4 heteroatoms. The summed E-state index contributed by atoms with van der Waals surface area (Å²) in [6.07, 6.45) is 0.638. The van der Waals surface area contributed by atoms with Crippen LogP contribution in [0.1, 0.15) is 137 Å². The minimum Gasteiger partial charge on any atom is -0.426 e. The molecule has 0 amide bonds. The van der Waals surface area contributed by atoms with Gasteiger partial charge < -0.3 is 9.84 Å². The molecule has 2 rings (SSSR count). The van der Waals surface area contributed by atoms with Gasteiger partial charge in [-0.25, -0.2) is 0 Å². The molecule has 0 bridgehead atoms. The van der Waals surface area contributed by atoms with Gasteiger partial charge in [0.25, 0.3) is 0 Å². The summed E-state index contributed by atoms with van der Waals surface area (Å²) in [6, 6.07) is 6.78. The molecule has 0 spiro atoms. The molecule has 1 N–H and O–H groups in total. The van der Waals surface area contributed by atoms with Crippen LogP contribution in [0.5, 0.6) is 5.75 Å². The van der Waals surface area contributed by atoms with Crippen molar-refractivity contribution >= 4 is 5.97 Å². The summed E-state index contributed by atoms with van der Waals surface area (Å²) in [5.41, 5.74) is 3.87. The molecule has 0 aromatic heterocycles. The number of esters is 1. The number of aliphatic hydroxyl groups excluding tert-OH is 1. The van der Waals surface area contributed by atoms with Crippen LogP contribution in [0.25, 0.3) is 0 Å². The minimum absolute atomic E-state index is 0.0165. The van der Waals surface area contributed by atoms with Gasteiger partial charge in [-0.1, -0.05) is 52.8 Å². The van der Waals surface area contributed by atoms with Crippen molar-refractivity contribution < 1.29 is 17.4 Å². The fourth-order valence-electron chi connectivity index (χ4n) is 5.50. The fourth-order valence-corrected chi connectivity index (χ4v) is 5.50. The Morgan fingerprint density at radius 1 is 0.951 bits per heavy atom. The highest BCUT2D eigenvalue weighted by atomic mass is 16.5. The third-order valence-corrected chi connectivity index (χ3v) is 9.89. The first-order chi connectivity index (χ1) is 19.8. The van der Waals surface area contributed by atoms with Crippen molar-refractivity contribution in [1.82, 2.24) is 4.90 Å². The molecule has 0 heterocycles.